The number of nitrogens with one attached hydrogen (secondary N) is 1. The lowest BCUT2D eigenvalue weighted by molar-refractivity contribution is -0.119. The Hall–Kier alpha value is -3.30. The van der Waals surface area contributed by atoms with E-state index >= 15 is 0 Å². The van der Waals surface area contributed by atoms with Crippen LogP contribution in [0.4, 0.5) is 0 Å². The molecule has 1 aliphatic heterocycles. The third-order valence-corrected chi connectivity index (χ3v) is 4.49. The van der Waals surface area contributed by atoms with Crippen LogP contribution in [0.25, 0.3) is 5.57 Å². The number of hydrogen-bond donors (Lipinski definition) is 1. The summed E-state index contributed by atoms with van der Waals surface area (Å²) < 4.78 is 0. The minimum atomic E-state index is -0.0316. The summed E-state index contributed by atoms with van der Waals surface area (Å²) in [7, 11) is 0. The van der Waals surface area contributed by atoms with E-state index in [2.05, 4.69) is 65.2 Å². The highest BCUT2D eigenvalue weighted by molar-refractivity contribution is 6.02. The van der Waals surface area contributed by atoms with Crippen LogP contribution in [0, 0.1) is 23.7 Å². The molecule has 3 nitrogen and oxygen atoms in total. The molecule has 2 aliphatic rings. The van der Waals surface area contributed by atoms with Gasteiger partial charge in [-0.05, 0) is 23.6 Å². The first-order valence-electron chi connectivity index (χ1n) is 9.55. The molecule has 140 valence electrons. The maximum absolute atomic E-state index is 12.4. The van der Waals surface area contributed by atoms with Crippen molar-refractivity contribution in [3.8, 4) is 23.7 Å². The van der Waals surface area contributed by atoms with Gasteiger partial charge in [-0.15, -0.1) is 0 Å². The van der Waals surface area contributed by atoms with E-state index in [0.29, 0.717) is 19.4 Å². The maximum Gasteiger partial charge on any atom is 0.225 e. The SMILES string of the molecule is C/C1=C/C(CNC(=O)C/C2=N/C=C(/c3ccccc3)CC#CC2)=C\CC#CC1. The van der Waals surface area contributed by atoms with Crippen molar-refractivity contribution in [2.45, 2.75) is 39.0 Å². The molecule has 0 bridgehead atoms. The predicted molar refractivity (Wildman–Crippen MR) is 115 cm³/mol. The molecule has 28 heavy (non-hydrogen) atoms. The van der Waals surface area contributed by atoms with Crippen LogP contribution in [-0.4, -0.2) is 18.2 Å². The van der Waals surface area contributed by atoms with Crippen LogP contribution in [0.1, 0.15) is 44.6 Å². The van der Waals surface area contributed by atoms with Crippen molar-refractivity contribution in [2.24, 2.45) is 4.99 Å². The van der Waals surface area contributed by atoms with Gasteiger partial charge in [0.2, 0.25) is 5.91 Å². The molecule has 1 amide bonds. The van der Waals surface area contributed by atoms with Gasteiger partial charge in [-0.25, -0.2) is 0 Å². The van der Waals surface area contributed by atoms with Crippen molar-refractivity contribution >= 4 is 17.2 Å². The zero-order valence-corrected chi connectivity index (χ0v) is 16.2. The molecule has 1 heterocycles. The summed E-state index contributed by atoms with van der Waals surface area (Å²) in [5.41, 5.74) is 5.30. The summed E-state index contributed by atoms with van der Waals surface area (Å²) in [5.74, 6) is 12.5. The highest BCUT2D eigenvalue weighted by Crippen LogP contribution is 2.18. The number of benzene rings is 1. The Kier molecular flexibility index (Phi) is 7.05. The van der Waals surface area contributed by atoms with Gasteiger partial charge in [0.25, 0.3) is 0 Å². The van der Waals surface area contributed by atoms with Crippen molar-refractivity contribution in [2.75, 3.05) is 6.54 Å². The zero-order valence-electron chi connectivity index (χ0n) is 16.2. The van der Waals surface area contributed by atoms with E-state index in [4.69, 9.17) is 0 Å². The molecule has 0 spiro atoms. The summed E-state index contributed by atoms with van der Waals surface area (Å²) in [4.78, 5) is 17.0. The second-order valence-corrected chi connectivity index (χ2v) is 6.88. The number of amides is 1. The number of nitrogens with zero attached hydrogens (tertiary/aromatic N) is 1. The fourth-order valence-corrected chi connectivity index (χ4v) is 2.97. The number of hydrogen-bond acceptors (Lipinski definition) is 2. The Bertz CT molecular complexity index is 970. The van der Waals surface area contributed by atoms with Gasteiger partial charge in [-0.2, -0.15) is 0 Å². The van der Waals surface area contributed by atoms with Gasteiger partial charge in [0, 0.05) is 44.1 Å². The lowest BCUT2D eigenvalue weighted by Gasteiger charge is -2.10. The number of carbonyl (C=O) groups is 1. The fraction of sp³-hybridized carbons (Fsp3) is 0.280. The highest BCUT2D eigenvalue weighted by atomic mass is 16.1. The monoisotopic (exact) mass is 368 g/mol. The van der Waals surface area contributed by atoms with Crippen molar-refractivity contribution < 1.29 is 4.79 Å². The van der Waals surface area contributed by atoms with E-state index < -0.39 is 0 Å². The standard InChI is InChI=1S/C25H24N2O/c1-20-10-4-2-5-11-21(16-20)18-27-25(28)17-24-15-9-8-14-23(19-26-24)22-12-6-3-7-13-22/h3,6-7,11-13,16,19H,5,10,14-15,17-18H2,1H3,(H,27,28)/b20-16-,21-11+,23-19+,26-24+. The molecule has 1 aliphatic carbocycles. The lowest BCUT2D eigenvalue weighted by Crippen LogP contribution is -2.27. The molecule has 1 aromatic carbocycles. The van der Waals surface area contributed by atoms with E-state index in [1.807, 2.05) is 24.4 Å². The summed E-state index contributed by atoms with van der Waals surface area (Å²) in [6, 6.07) is 10.1. The first-order valence-corrected chi connectivity index (χ1v) is 9.55. The van der Waals surface area contributed by atoms with Crippen molar-refractivity contribution in [3.63, 3.8) is 0 Å². The van der Waals surface area contributed by atoms with E-state index in [0.717, 1.165) is 35.3 Å². The van der Waals surface area contributed by atoms with Gasteiger partial charge >= 0.3 is 0 Å². The average molecular weight is 368 g/mol. The summed E-state index contributed by atoms with van der Waals surface area (Å²) in [6.45, 7) is 2.58. The van der Waals surface area contributed by atoms with Crippen LogP contribution in [0.3, 0.4) is 0 Å². The number of rotatable bonds is 5. The van der Waals surface area contributed by atoms with E-state index in [1.165, 1.54) is 5.57 Å². The second-order valence-electron chi connectivity index (χ2n) is 6.88. The van der Waals surface area contributed by atoms with Gasteiger partial charge < -0.3 is 5.32 Å². The van der Waals surface area contributed by atoms with E-state index in [1.54, 1.807) is 0 Å². The maximum atomic E-state index is 12.4. The van der Waals surface area contributed by atoms with E-state index in [9.17, 15) is 4.79 Å². The molecule has 3 heteroatoms. The minimum Gasteiger partial charge on any atom is -0.352 e. The van der Waals surface area contributed by atoms with Crippen LogP contribution in [0.2, 0.25) is 0 Å². The normalized spacial score (nSPS) is 23.5. The smallest absolute Gasteiger partial charge is 0.225 e. The molecule has 0 fully saturated rings. The molecule has 1 N–H and O–H groups in total. The Balaban J connectivity index is 1.61. The number of carbonyl (C=O) groups excluding carboxylic acids is 1. The first kappa shape index (κ1) is 19.5. The number of aliphatic imine (C=N–C) groups is 1. The van der Waals surface area contributed by atoms with Crippen LogP contribution >= 0.6 is 0 Å². The molecular formula is C25H24N2O. The molecule has 0 saturated carbocycles. The highest BCUT2D eigenvalue weighted by Gasteiger charge is 2.09. The molecule has 0 atom stereocenters. The third kappa shape index (κ3) is 6.15. The summed E-state index contributed by atoms with van der Waals surface area (Å²) in [6.07, 6.45) is 9.03. The van der Waals surface area contributed by atoms with Gasteiger partial charge in [-0.1, -0.05) is 71.7 Å². The molecule has 3 rings (SSSR count). The van der Waals surface area contributed by atoms with Crippen molar-refractivity contribution in [1.82, 2.24) is 5.32 Å². The molecule has 0 radical (unpaired) electrons. The van der Waals surface area contributed by atoms with E-state index in [-0.39, 0.29) is 12.3 Å². The van der Waals surface area contributed by atoms with Crippen LogP contribution in [-0.2, 0) is 4.79 Å². The lowest BCUT2D eigenvalue weighted by atomic mass is 10.0. The number of allylic oxidation sites excluding steroid dienone is 3. The largest absolute Gasteiger partial charge is 0.352 e. The van der Waals surface area contributed by atoms with Gasteiger partial charge in [0.15, 0.2) is 0 Å². The Labute approximate surface area is 167 Å². The Morgan fingerprint density at radius 3 is 2.71 bits per heavy atom. The first-order chi connectivity index (χ1) is 13.7. The van der Waals surface area contributed by atoms with Gasteiger partial charge in [-0.3, -0.25) is 9.79 Å². The molecule has 1 aromatic rings. The van der Waals surface area contributed by atoms with Gasteiger partial charge in [0.05, 0.1) is 6.42 Å². The van der Waals surface area contributed by atoms with Crippen LogP contribution in [0.15, 0.2) is 64.8 Å². The van der Waals surface area contributed by atoms with Crippen LogP contribution < -0.4 is 5.32 Å². The molecule has 0 unspecified atom stereocenters. The predicted octanol–water partition coefficient (Wildman–Crippen LogP) is 4.44. The Morgan fingerprint density at radius 2 is 1.86 bits per heavy atom. The van der Waals surface area contributed by atoms with Crippen molar-refractivity contribution in [1.29, 1.82) is 0 Å². The zero-order chi connectivity index (χ0) is 19.6. The quantitative estimate of drug-likeness (QED) is 0.767. The fourth-order valence-electron chi connectivity index (χ4n) is 2.97. The van der Waals surface area contributed by atoms with Crippen LogP contribution in [0.5, 0.6) is 0 Å². The minimum absolute atomic E-state index is 0.0316. The Morgan fingerprint density at radius 1 is 1.07 bits per heavy atom. The third-order valence-electron chi connectivity index (χ3n) is 4.49. The second kappa shape index (κ2) is 10.1. The molecule has 0 aromatic heterocycles. The summed E-state index contributed by atoms with van der Waals surface area (Å²) in [5, 5.41) is 3.00. The average Bonchev–Trinajstić information content (AvgIpc) is 2.66. The van der Waals surface area contributed by atoms with Gasteiger partial charge in [0.1, 0.15) is 0 Å². The molecular weight excluding hydrogens is 344 g/mol. The van der Waals surface area contributed by atoms with Crippen molar-refractivity contribution in [3.05, 3.63) is 65.4 Å². The summed E-state index contributed by atoms with van der Waals surface area (Å²) >= 11 is 0. The molecule has 0 saturated heterocycles. The topological polar surface area (TPSA) is 41.5 Å².